The highest BCUT2D eigenvalue weighted by Gasteiger charge is 2.48. The molecule has 1 aromatic rings. The Balaban J connectivity index is 2.06. The number of methoxy groups -OCH3 is 1. The summed E-state index contributed by atoms with van der Waals surface area (Å²) in [6.07, 6.45) is 1.61. The Bertz CT molecular complexity index is 574. The van der Waals surface area contributed by atoms with Gasteiger partial charge in [0.25, 0.3) is 0 Å². The number of carbonyl (C=O) groups is 2. The Morgan fingerprint density at radius 2 is 2.10 bits per heavy atom. The number of hydrogen-bond donors (Lipinski definition) is 3. The van der Waals surface area contributed by atoms with Gasteiger partial charge in [0.05, 0.1) is 12.1 Å². The van der Waals surface area contributed by atoms with E-state index >= 15 is 0 Å². The Hall–Kier alpha value is -1.95. The highest BCUT2D eigenvalue weighted by atomic mass is 35.5. The van der Waals surface area contributed by atoms with E-state index in [9.17, 15) is 14.7 Å². The zero-order chi connectivity index (χ0) is 15.6. The topological polar surface area (TPSA) is 87.7 Å². The summed E-state index contributed by atoms with van der Waals surface area (Å²) in [5.74, 6) is -0.632. The first-order chi connectivity index (χ1) is 9.86. The average Bonchev–Trinajstić information content (AvgIpc) is 3.25. The van der Waals surface area contributed by atoms with Gasteiger partial charge in [-0.1, -0.05) is 11.6 Å². The molecular weight excluding hydrogens is 296 g/mol. The van der Waals surface area contributed by atoms with Crippen LogP contribution in [0.15, 0.2) is 18.2 Å². The standard InChI is InChI=1S/C14H17ClN2O4/c1-14(12(18)19,8-3-4-8)17-13(20)16-9-5-6-10(15)11(7-9)21-2/h5-8H,3-4H2,1-2H3,(H,18,19)(H2,16,17,20). The van der Waals surface area contributed by atoms with Crippen LogP contribution in [0, 0.1) is 5.92 Å². The molecule has 0 aliphatic heterocycles. The third-order valence-corrected chi connectivity index (χ3v) is 3.93. The monoisotopic (exact) mass is 312 g/mol. The number of nitrogens with one attached hydrogen (secondary N) is 2. The third kappa shape index (κ3) is 3.39. The average molecular weight is 313 g/mol. The maximum atomic E-state index is 12.0. The van der Waals surface area contributed by atoms with Gasteiger partial charge in [-0.15, -0.1) is 0 Å². The molecule has 114 valence electrons. The molecular formula is C14H17ClN2O4. The summed E-state index contributed by atoms with van der Waals surface area (Å²) in [5.41, 5.74) is -0.780. The molecule has 0 heterocycles. The second kappa shape index (κ2) is 5.81. The van der Waals surface area contributed by atoms with Crippen molar-refractivity contribution in [3.63, 3.8) is 0 Å². The summed E-state index contributed by atoms with van der Waals surface area (Å²) in [4.78, 5) is 23.3. The van der Waals surface area contributed by atoms with Gasteiger partial charge in [-0.2, -0.15) is 0 Å². The van der Waals surface area contributed by atoms with Crippen LogP contribution in [-0.2, 0) is 4.79 Å². The minimum absolute atomic E-state index is 0.0273. The van der Waals surface area contributed by atoms with Gasteiger partial charge < -0.3 is 20.5 Å². The van der Waals surface area contributed by atoms with Gasteiger partial charge in [0.1, 0.15) is 11.3 Å². The van der Waals surface area contributed by atoms with Crippen LogP contribution in [0.5, 0.6) is 5.75 Å². The van der Waals surface area contributed by atoms with Gasteiger partial charge in [0.15, 0.2) is 0 Å². The summed E-state index contributed by atoms with van der Waals surface area (Å²) in [7, 11) is 1.47. The minimum atomic E-state index is -1.25. The number of ether oxygens (including phenoxy) is 1. The molecule has 21 heavy (non-hydrogen) atoms. The Labute approximate surface area is 127 Å². The number of anilines is 1. The van der Waals surface area contributed by atoms with Crippen LogP contribution in [-0.4, -0.2) is 29.8 Å². The normalized spacial score (nSPS) is 16.7. The predicted molar refractivity (Wildman–Crippen MR) is 78.9 cm³/mol. The van der Waals surface area contributed by atoms with Crippen LogP contribution in [0.25, 0.3) is 0 Å². The first-order valence-corrected chi connectivity index (χ1v) is 6.90. The van der Waals surface area contributed by atoms with E-state index in [1.165, 1.54) is 14.0 Å². The fourth-order valence-corrected chi connectivity index (χ4v) is 2.32. The number of hydrogen-bond acceptors (Lipinski definition) is 3. The van der Waals surface area contributed by atoms with Gasteiger partial charge in [-0.05, 0) is 37.8 Å². The molecule has 0 bridgehead atoms. The summed E-state index contributed by atoms with van der Waals surface area (Å²) in [6, 6.07) is 4.19. The number of carbonyl (C=O) groups excluding carboxylic acids is 1. The maximum absolute atomic E-state index is 12.0. The molecule has 0 saturated heterocycles. The number of amides is 2. The molecule has 1 unspecified atom stereocenters. The molecule has 0 aromatic heterocycles. The van der Waals surface area contributed by atoms with Crippen molar-refractivity contribution >= 4 is 29.3 Å². The van der Waals surface area contributed by atoms with E-state index in [-0.39, 0.29) is 5.92 Å². The lowest BCUT2D eigenvalue weighted by Gasteiger charge is -2.26. The highest BCUT2D eigenvalue weighted by molar-refractivity contribution is 6.32. The number of aliphatic carboxylic acids is 1. The molecule has 2 amide bonds. The minimum Gasteiger partial charge on any atom is -0.495 e. The van der Waals surface area contributed by atoms with Crippen LogP contribution in [0.1, 0.15) is 19.8 Å². The van der Waals surface area contributed by atoms with E-state index in [1.54, 1.807) is 18.2 Å². The number of halogens is 1. The molecule has 0 radical (unpaired) electrons. The van der Waals surface area contributed by atoms with E-state index in [0.717, 1.165) is 12.8 Å². The van der Waals surface area contributed by atoms with Crippen LogP contribution < -0.4 is 15.4 Å². The molecule has 1 aliphatic rings. The Kier molecular flexibility index (Phi) is 4.27. The Morgan fingerprint density at radius 1 is 1.43 bits per heavy atom. The Morgan fingerprint density at radius 3 is 2.62 bits per heavy atom. The van der Waals surface area contributed by atoms with Crippen molar-refractivity contribution in [3.05, 3.63) is 23.2 Å². The first-order valence-electron chi connectivity index (χ1n) is 6.53. The van der Waals surface area contributed by atoms with Gasteiger partial charge in [0.2, 0.25) is 0 Å². The molecule has 0 spiro atoms. The molecule has 1 aromatic carbocycles. The van der Waals surface area contributed by atoms with Crippen molar-refractivity contribution in [2.75, 3.05) is 12.4 Å². The number of carboxylic acids is 1. The zero-order valence-electron chi connectivity index (χ0n) is 11.8. The lowest BCUT2D eigenvalue weighted by Crippen LogP contribution is -2.55. The van der Waals surface area contributed by atoms with Crippen LogP contribution in [0.3, 0.4) is 0 Å². The smallest absolute Gasteiger partial charge is 0.329 e. The molecule has 1 aliphatic carbocycles. The van der Waals surface area contributed by atoms with Crippen LogP contribution in [0.2, 0.25) is 5.02 Å². The van der Waals surface area contributed by atoms with Crippen molar-refractivity contribution in [2.24, 2.45) is 5.92 Å². The molecule has 6 nitrogen and oxygen atoms in total. The number of urea groups is 1. The third-order valence-electron chi connectivity index (χ3n) is 3.62. The SMILES string of the molecule is COc1cc(NC(=O)NC(C)(C(=O)O)C2CC2)ccc1Cl. The van der Waals surface area contributed by atoms with Crippen molar-refractivity contribution in [1.82, 2.24) is 5.32 Å². The lowest BCUT2D eigenvalue weighted by molar-refractivity contribution is -0.144. The van der Waals surface area contributed by atoms with Crippen molar-refractivity contribution in [3.8, 4) is 5.75 Å². The highest BCUT2D eigenvalue weighted by Crippen LogP contribution is 2.39. The van der Waals surface area contributed by atoms with Crippen molar-refractivity contribution in [2.45, 2.75) is 25.3 Å². The molecule has 3 N–H and O–H groups in total. The number of carboxylic acid groups (broad SMARTS) is 1. The summed E-state index contributed by atoms with van der Waals surface area (Å²) in [6.45, 7) is 1.52. The molecule has 1 saturated carbocycles. The van der Waals surface area contributed by atoms with Gasteiger partial charge in [-0.3, -0.25) is 0 Å². The number of rotatable bonds is 5. The predicted octanol–water partition coefficient (Wildman–Crippen LogP) is 2.72. The largest absolute Gasteiger partial charge is 0.495 e. The zero-order valence-corrected chi connectivity index (χ0v) is 12.5. The second-order valence-corrected chi connectivity index (χ2v) is 5.62. The van der Waals surface area contributed by atoms with Gasteiger partial charge >= 0.3 is 12.0 Å². The van der Waals surface area contributed by atoms with Gasteiger partial charge in [0, 0.05) is 11.8 Å². The fraction of sp³-hybridized carbons (Fsp3) is 0.429. The second-order valence-electron chi connectivity index (χ2n) is 5.21. The fourth-order valence-electron chi connectivity index (χ4n) is 2.13. The molecule has 7 heteroatoms. The van der Waals surface area contributed by atoms with Gasteiger partial charge in [-0.25, -0.2) is 9.59 Å². The lowest BCUT2D eigenvalue weighted by atomic mass is 9.96. The quantitative estimate of drug-likeness (QED) is 0.780. The van der Waals surface area contributed by atoms with E-state index in [2.05, 4.69) is 10.6 Å². The van der Waals surface area contributed by atoms with E-state index in [4.69, 9.17) is 16.3 Å². The van der Waals surface area contributed by atoms with Crippen LogP contribution >= 0.6 is 11.6 Å². The molecule has 1 fully saturated rings. The summed E-state index contributed by atoms with van der Waals surface area (Å²) >= 11 is 5.90. The maximum Gasteiger partial charge on any atom is 0.329 e. The molecule has 2 rings (SSSR count). The number of benzene rings is 1. The van der Waals surface area contributed by atoms with Crippen LogP contribution in [0.4, 0.5) is 10.5 Å². The summed E-state index contributed by atoms with van der Waals surface area (Å²) in [5, 5.41) is 14.8. The van der Waals surface area contributed by atoms with E-state index in [0.29, 0.717) is 16.5 Å². The van der Waals surface area contributed by atoms with Crippen molar-refractivity contribution < 1.29 is 19.4 Å². The van der Waals surface area contributed by atoms with Crippen molar-refractivity contribution in [1.29, 1.82) is 0 Å². The molecule has 1 atom stereocenters. The summed E-state index contributed by atoms with van der Waals surface area (Å²) < 4.78 is 5.06. The van der Waals surface area contributed by atoms with E-state index in [1.807, 2.05) is 0 Å². The van der Waals surface area contributed by atoms with E-state index < -0.39 is 17.5 Å². The first kappa shape index (κ1) is 15.4.